The van der Waals surface area contributed by atoms with Gasteiger partial charge in [-0.15, -0.1) is 0 Å². The van der Waals surface area contributed by atoms with Crippen LogP contribution in [-0.4, -0.2) is 31.1 Å². The van der Waals surface area contributed by atoms with Crippen LogP contribution in [0.1, 0.15) is 12.8 Å². The first-order valence-electron chi connectivity index (χ1n) is 5.93. The van der Waals surface area contributed by atoms with Crippen LogP contribution in [0.4, 0.5) is 5.69 Å². The molecule has 1 saturated carbocycles. The molecule has 0 spiro atoms. The number of nitrogens with one attached hydrogen (secondary N) is 1. The zero-order valence-electron chi connectivity index (χ0n) is 10.3. The summed E-state index contributed by atoms with van der Waals surface area (Å²) in [5.41, 5.74) is -0.475. The van der Waals surface area contributed by atoms with E-state index in [-0.39, 0.29) is 22.4 Å². The number of hydrogen-bond acceptors (Lipinski definition) is 5. The van der Waals surface area contributed by atoms with Gasteiger partial charge in [-0.05, 0) is 30.9 Å². The minimum atomic E-state index is -3.91. The van der Waals surface area contributed by atoms with Crippen molar-refractivity contribution in [1.82, 2.24) is 4.72 Å². The second kappa shape index (κ2) is 5.65. The molecule has 20 heavy (non-hydrogen) atoms. The van der Waals surface area contributed by atoms with Gasteiger partial charge in [0, 0.05) is 12.6 Å². The van der Waals surface area contributed by atoms with E-state index in [1.807, 2.05) is 0 Å². The number of nitro groups is 1. The monoisotopic (exact) mass is 320 g/mol. The first-order valence-corrected chi connectivity index (χ1v) is 7.79. The third-order valence-corrected chi connectivity index (χ3v) is 4.81. The van der Waals surface area contributed by atoms with Gasteiger partial charge in [-0.25, -0.2) is 13.1 Å². The molecule has 0 bridgehead atoms. The summed E-state index contributed by atoms with van der Waals surface area (Å²) < 4.78 is 26.2. The molecule has 1 aliphatic rings. The molecule has 1 aliphatic carbocycles. The molecule has 0 amide bonds. The van der Waals surface area contributed by atoms with Gasteiger partial charge < -0.3 is 5.11 Å². The van der Waals surface area contributed by atoms with Gasteiger partial charge in [-0.3, -0.25) is 10.1 Å². The summed E-state index contributed by atoms with van der Waals surface area (Å²) >= 11 is 5.62. The second-order valence-corrected chi connectivity index (χ2v) is 6.80. The Morgan fingerprint density at radius 1 is 1.50 bits per heavy atom. The molecule has 1 atom stereocenters. The van der Waals surface area contributed by atoms with Crippen molar-refractivity contribution in [3.63, 3.8) is 0 Å². The fourth-order valence-electron chi connectivity index (χ4n) is 1.73. The summed E-state index contributed by atoms with van der Waals surface area (Å²) in [5.74, 6) is 0.136. The molecule has 0 heterocycles. The Labute approximate surface area is 120 Å². The van der Waals surface area contributed by atoms with Crippen molar-refractivity contribution in [2.24, 2.45) is 5.92 Å². The van der Waals surface area contributed by atoms with Gasteiger partial charge in [0.15, 0.2) is 0 Å². The highest BCUT2D eigenvalue weighted by molar-refractivity contribution is 7.89. The normalized spacial score (nSPS) is 16.9. The number of nitrogens with zero attached hydrogens (tertiary/aromatic N) is 1. The van der Waals surface area contributed by atoms with Crippen LogP contribution in [0.2, 0.25) is 5.02 Å². The highest BCUT2D eigenvalue weighted by Gasteiger charge is 2.30. The van der Waals surface area contributed by atoms with E-state index < -0.39 is 26.7 Å². The average molecular weight is 321 g/mol. The molecule has 0 aromatic heterocycles. The van der Waals surface area contributed by atoms with Gasteiger partial charge in [0.05, 0.1) is 15.9 Å². The predicted molar refractivity (Wildman–Crippen MR) is 72.0 cm³/mol. The van der Waals surface area contributed by atoms with Crippen molar-refractivity contribution in [2.75, 3.05) is 6.54 Å². The fourth-order valence-corrected chi connectivity index (χ4v) is 2.98. The average Bonchev–Trinajstić information content (AvgIpc) is 3.20. The molecular weight excluding hydrogens is 308 g/mol. The van der Waals surface area contributed by atoms with Crippen LogP contribution in [0.3, 0.4) is 0 Å². The van der Waals surface area contributed by atoms with Crippen LogP contribution in [0.5, 0.6) is 0 Å². The molecule has 1 aromatic rings. The van der Waals surface area contributed by atoms with Crippen molar-refractivity contribution in [2.45, 2.75) is 23.8 Å². The van der Waals surface area contributed by atoms with Crippen LogP contribution < -0.4 is 4.72 Å². The minimum Gasteiger partial charge on any atom is -0.391 e. The SMILES string of the molecule is O=[N+]([O-])c1cc(S(=O)(=O)NCC(O)C2CC2)ccc1Cl. The third kappa shape index (κ3) is 3.45. The summed E-state index contributed by atoms with van der Waals surface area (Å²) in [6.45, 7) is -0.108. The highest BCUT2D eigenvalue weighted by Crippen LogP contribution is 2.32. The van der Waals surface area contributed by atoms with Gasteiger partial charge in [0.2, 0.25) is 10.0 Å². The van der Waals surface area contributed by atoms with E-state index in [0.29, 0.717) is 0 Å². The first kappa shape index (κ1) is 15.2. The van der Waals surface area contributed by atoms with E-state index in [9.17, 15) is 23.6 Å². The van der Waals surface area contributed by atoms with E-state index in [0.717, 1.165) is 25.0 Å². The molecule has 7 nitrogen and oxygen atoms in total. The zero-order valence-corrected chi connectivity index (χ0v) is 11.9. The number of hydrogen-bond donors (Lipinski definition) is 2. The lowest BCUT2D eigenvalue weighted by Gasteiger charge is -2.11. The smallest absolute Gasteiger partial charge is 0.289 e. The number of halogens is 1. The zero-order chi connectivity index (χ0) is 14.9. The van der Waals surface area contributed by atoms with E-state index in [2.05, 4.69) is 4.72 Å². The van der Waals surface area contributed by atoms with Crippen LogP contribution >= 0.6 is 11.6 Å². The maximum Gasteiger partial charge on any atom is 0.289 e. The molecule has 0 aliphatic heterocycles. The Morgan fingerprint density at radius 2 is 2.15 bits per heavy atom. The van der Waals surface area contributed by atoms with Gasteiger partial charge in [-0.1, -0.05) is 11.6 Å². The van der Waals surface area contributed by atoms with Crippen molar-refractivity contribution in [3.05, 3.63) is 33.3 Å². The van der Waals surface area contributed by atoms with Crippen LogP contribution in [0, 0.1) is 16.0 Å². The van der Waals surface area contributed by atoms with Crippen molar-refractivity contribution in [1.29, 1.82) is 0 Å². The largest absolute Gasteiger partial charge is 0.391 e. The van der Waals surface area contributed by atoms with E-state index in [1.165, 1.54) is 6.07 Å². The highest BCUT2D eigenvalue weighted by atomic mass is 35.5. The number of aliphatic hydroxyl groups is 1. The Balaban J connectivity index is 2.16. The van der Waals surface area contributed by atoms with Crippen LogP contribution in [0.15, 0.2) is 23.1 Å². The van der Waals surface area contributed by atoms with Gasteiger partial charge in [-0.2, -0.15) is 0 Å². The molecule has 9 heteroatoms. The van der Waals surface area contributed by atoms with Gasteiger partial charge >= 0.3 is 0 Å². The number of sulfonamides is 1. The topological polar surface area (TPSA) is 110 Å². The lowest BCUT2D eigenvalue weighted by Crippen LogP contribution is -2.33. The maximum absolute atomic E-state index is 12.0. The molecule has 2 rings (SSSR count). The quantitative estimate of drug-likeness (QED) is 0.606. The third-order valence-electron chi connectivity index (χ3n) is 3.07. The lowest BCUT2D eigenvalue weighted by atomic mass is 10.2. The summed E-state index contributed by atoms with van der Waals surface area (Å²) in [5, 5.41) is 20.2. The molecule has 110 valence electrons. The summed E-state index contributed by atoms with van der Waals surface area (Å²) in [7, 11) is -3.91. The molecule has 1 aromatic carbocycles. The number of aliphatic hydroxyl groups excluding tert-OH is 1. The Bertz CT molecular complexity index is 630. The van der Waals surface area contributed by atoms with E-state index in [4.69, 9.17) is 11.6 Å². The summed E-state index contributed by atoms with van der Waals surface area (Å²) in [6.07, 6.45) is 1.04. The standard InChI is InChI=1S/C11H13ClN2O5S/c12-9-4-3-8(5-10(9)14(16)17)20(18,19)13-6-11(15)7-1-2-7/h3-5,7,11,13,15H,1-2,6H2. The fraction of sp³-hybridized carbons (Fsp3) is 0.455. The molecule has 0 saturated heterocycles. The number of rotatable bonds is 6. The Hall–Kier alpha value is -1.22. The van der Waals surface area contributed by atoms with E-state index in [1.54, 1.807) is 0 Å². The predicted octanol–water partition coefficient (Wildman–Crippen LogP) is 1.30. The molecule has 1 fully saturated rings. The first-order chi connectivity index (χ1) is 9.31. The second-order valence-electron chi connectivity index (χ2n) is 4.63. The molecular formula is C11H13ClN2O5S. The summed E-state index contributed by atoms with van der Waals surface area (Å²) in [6, 6.07) is 3.24. The van der Waals surface area contributed by atoms with Crippen LogP contribution in [0.25, 0.3) is 0 Å². The Morgan fingerprint density at radius 3 is 2.70 bits per heavy atom. The maximum atomic E-state index is 12.0. The van der Waals surface area contributed by atoms with Crippen molar-refractivity contribution < 1.29 is 18.4 Å². The lowest BCUT2D eigenvalue weighted by molar-refractivity contribution is -0.384. The van der Waals surface area contributed by atoms with E-state index >= 15 is 0 Å². The molecule has 0 radical (unpaired) electrons. The number of nitro benzene ring substituents is 1. The van der Waals surface area contributed by atoms with Crippen molar-refractivity contribution >= 4 is 27.3 Å². The molecule has 2 N–H and O–H groups in total. The minimum absolute atomic E-state index is 0.108. The Kier molecular flexibility index (Phi) is 4.28. The summed E-state index contributed by atoms with van der Waals surface area (Å²) in [4.78, 5) is 9.73. The van der Waals surface area contributed by atoms with Gasteiger partial charge in [0.25, 0.3) is 5.69 Å². The van der Waals surface area contributed by atoms with Gasteiger partial charge in [0.1, 0.15) is 5.02 Å². The van der Waals surface area contributed by atoms with Crippen LogP contribution in [-0.2, 0) is 10.0 Å². The number of benzene rings is 1. The molecule has 1 unspecified atom stereocenters. The van der Waals surface area contributed by atoms with Crippen molar-refractivity contribution in [3.8, 4) is 0 Å².